The van der Waals surface area contributed by atoms with E-state index in [1.165, 1.54) is 26.6 Å². The Balaban J connectivity index is -0.000000492. The van der Waals surface area contributed by atoms with E-state index in [1.807, 2.05) is 0 Å². The van der Waals surface area contributed by atoms with Gasteiger partial charge in [0.25, 0.3) is 0 Å². The zero-order valence-electron chi connectivity index (χ0n) is 16.9. The number of nitrogens with zero attached hydrogens (tertiary/aromatic N) is 2. The van der Waals surface area contributed by atoms with Crippen LogP contribution < -0.4 is 24.8 Å². The first kappa shape index (κ1) is 35.3. The van der Waals surface area contributed by atoms with Crippen LogP contribution in [0.15, 0.2) is 46.4 Å². The molecule has 0 aromatic heterocycles. The molecule has 0 amide bonds. The first-order chi connectivity index (χ1) is 13.1. The van der Waals surface area contributed by atoms with Crippen LogP contribution in [0.3, 0.4) is 0 Å². The van der Waals surface area contributed by atoms with Crippen LogP contribution in [-0.2, 0) is 27.3 Å². The van der Waals surface area contributed by atoms with E-state index in [1.54, 1.807) is 36.4 Å². The monoisotopic (exact) mass is 481 g/mol. The van der Waals surface area contributed by atoms with E-state index in [4.69, 9.17) is 19.4 Å². The fourth-order valence-electron chi connectivity index (χ4n) is 2.03. The standard InChI is InChI=1S/C18H20N2O4.CH2O2.Mn.3H2O/c1-23-15-7-3-5-13(17(15)21)11-19-9-10-20-12-14-6-4-8-16(24-2)18(14)22;2-1-3;;;;/h3-8,11-12,21-22H,9-10H2,1-2H3;1H,(H,2,3);;3*1H2/q;;+3;;;/p-2. The molecule has 31 heavy (non-hydrogen) atoms. The second kappa shape index (κ2) is 20.1. The van der Waals surface area contributed by atoms with Crippen LogP contribution in [0.1, 0.15) is 11.1 Å². The first-order valence-corrected chi connectivity index (χ1v) is 7.82. The molecule has 0 heterocycles. The Labute approximate surface area is 190 Å². The molecule has 0 saturated carbocycles. The molecule has 0 aliphatic rings. The molecule has 2 rings (SSSR count). The Morgan fingerprint density at radius 1 is 0.839 bits per heavy atom. The first-order valence-electron chi connectivity index (χ1n) is 7.82. The Morgan fingerprint density at radius 2 is 1.16 bits per heavy atom. The third kappa shape index (κ3) is 11.6. The van der Waals surface area contributed by atoms with Crippen molar-refractivity contribution in [3.05, 3.63) is 47.5 Å². The molecule has 2 aromatic rings. The summed E-state index contributed by atoms with van der Waals surface area (Å²) in [5.41, 5.74) is 0.931. The van der Waals surface area contributed by atoms with Crippen molar-refractivity contribution in [1.29, 1.82) is 0 Å². The average Bonchev–Trinajstić information content (AvgIpc) is 2.67. The largest absolute Gasteiger partial charge is 3.00 e. The molecule has 0 unspecified atom stereocenters. The van der Waals surface area contributed by atoms with Gasteiger partial charge in [0.05, 0.1) is 27.3 Å². The van der Waals surface area contributed by atoms with Gasteiger partial charge in [-0.1, -0.05) is 35.8 Å². The number of aliphatic imine (C=N–C) groups is 2. The van der Waals surface area contributed by atoms with Crippen LogP contribution in [0.4, 0.5) is 0 Å². The summed E-state index contributed by atoms with van der Waals surface area (Å²) in [6.07, 6.45) is 3.01. The second-order valence-corrected chi connectivity index (χ2v) is 4.92. The van der Waals surface area contributed by atoms with Crippen molar-refractivity contribution in [2.45, 2.75) is 0 Å². The van der Waals surface area contributed by atoms with Gasteiger partial charge in [-0.25, -0.2) is 0 Å². The summed E-state index contributed by atoms with van der Waals surface area (Å²) >= 11 is 0. The number of methoxy groups -OCH3 is 2. The van der Waals surface area contributed by atoms with E-state index >= 15 is 0 Å². The molecule has 0 aliphatic carbocycles. The molecule has 0 saturated heterocycles. The molecule has 12 heteroatoms. The molecule has 0 radical (unpaired) electrons. The van der Waals surface area contributed by atoms with Crippen LogP contribution in [0, 0.1) is 0 Å². The van der Waals surface area contributed by atoms with Gasteiger partial charge in [0.2, 0.25) is 0 Å². The van der Waals surface area contributed by atoms with E-state index in [0.717, 1.165) is 0 Å². The Kier molecular flexibility index (Phi) is 22.9. The Morgan fingerprint density at radius 3 is 1.45 bits per heavy atom. The molecule has 7 N–H and O–H groups in total. The van der Waals surface area contributed by atoms with Gasteiger partial charge >= 0.3 is 17.1 Å². The van der Waals surface area contributed by atoms with E-state index < -0.39 is 6.47 Å². The summed E-state index contributed by atoms with van der Waals surface area (Å²) in [6, 6.07) is 10.0. The summed E-state index contributed by atoms with van der Waals surface area (Å²) in [6.45, 7) is 0.316. The maximum Gasteiger partial charge on any atom is 3.00 e. The molecule has 0 spiro atoms. The van der Waals surface area contributed by atoms with Gasteiger partial charge in [0.15, 0.2) is 0 Å². The number of carboxylic acid groups (broad SMARTS) is 1. The van der Waals surface area contributed by atoms with Crippen LogP contribution in [-0.4, -0.2) is 57.2 Å². The summed E-state index contributed by atoms with van der Waals surface area (Å²) in [5.74, 6) is 0.190. The zero-order valence-corrected chi connectivity index (χ0v) is 18.1. The smallest absolute Gasteiger partial charge is 0.870 e. The minimum atomic E-state index is -0.500. The molecule has 0 fully saturated rings. The van der Waals surface area contributed by atoms with Gasteiger partial charge < -0.3 is 46.0 Å². The van der Waals surface area contributed by atoms with Crippen LogP contribution in [0.5, 0.6) is 23.0 Å². The minimum Gasteiger partial charge on any atom is -0.870 e. The number of rotatable bonds is 7. The topological polar surface area (TPSA) is 225 Å². The fraction of sp³-hybridized carbons (Fsp3) is 0.211. The number of hydrogen-bond acceptors (Lipinski definition) is 8. The van der Waals surface area contributed by atoms with Crippen molar-refractivity contribution >= 4 is 18.9 Å². The van der Waals surface area contributed by atoms with Crippen molar-refractivity contribution in [2.24, 2.45) is 9.98 Å². The van der Waals surface area contributed by atoms with Crippen molar-refractivity contribution in [3.8, 4) is 23.0 Å². The predicted molar refractivity (Wildman–Crippen MR) is 108 cm³/mol. The maximum absolute atomic E-state index is 11.9. The van der Waals surface area contributed by atoms with E-state index in [9.17, 15) is 10.2 Å². The SMILES string of the molecule is COc1cccc(C=NCCN=Cc2cccc(OC)c2[O-])c1[O-].O.O.O=C[O-].[Mn+3].[OH3+]. The maximum atomic E-state index is 11.9. The number of carbonyl (C=O) groups excluding carboxylic acids is 1. The Hall–Kier alpha value is -3.15. The van der Waals surface area contributed by atoms with Crippen molar-refractivity contribution in [3.63, 3.8) is 0 Å². The molecule has 11 nitrogen and oxygen atoms in total. The molecular formula is C19H26MnN2O9+. The number of para-hydroxylation sites is 2. The number of hydrogen-bond donors (Lipinski definition) is 0. The molecule has 0 atom stereocenters. The molecular weight excluding hydrogens is 455 g/mol. The molecule has 172 valence electrons. The van der Waals surface area contributed by atoms with E-state index in [2.05, 4.69) is 9.98 Å². The van der Waals surface area contributed by atoms with E-state index in [-0.39, 0.29) is 56.5 Å². The Bertz CT molecular complexity index is 738. The third-order valence-electron chi connectivity index (χ3n) is 3.28. The van der Waals surface area contributed by atoms with Crippen molar-refractivity contribution in [1.82, 2.24) is 0 Å². The summed E-state index contributed by atoms with van der Waals surface area (Å²) in [7, 11) is 2.91. The van der Waals surface area contributed by atoms with Gasteiger partial charge in [-0.05, 0) is 23.3 Å². The van der Waals surface area contributed by atoms with Crippen LogP contribution >= 0.6 is 0 Å². The normalized spacial score (nSPS) is 9.10. The predicted octanol–water partition coefficient (Wildman–Crippen LogP) is -2.82. The third-order valence-corrected chi connectivity index (χ3v) is 3.28. The number of benzene rings is 2. The van der Waals surface area contributed by atoms with Gasteiger partial charge in [0, 0.05) is 18.9 Å². The summed E-state index contributed by atoms with van der Waals surface area (Å²) in [4.78, 5) is 16.6. The molecule has 2 aromatic carbocycles. The summed E-state index contributed by atoms with van der Waals surface area (Å²) < 4.78 is 9.94. The van der Waals surface area contributed by atoms with Gasteiger partial charge in [-0.3, -0.25) is 9.98 Å². The molecule has 0 bridgehead atoms. The van der Waals surface area contributed by atoms with Gasteiger partial charge in [0.1, 0.15) is 11.5 Å². The van der Waals surface area contributed by atoms with Crippen molar-refractivity contribution < 1.29 is 63.1 Å². The summed E-state index contributed by atoms with van der Waals surface area (Å²) in [5, 5.41) is 32.1. The molecule has 0 aliphatic heterocycles. The fourth-order valence-corrected chi connectivity index (χ4v) is 2.03. The number of carbonyl (C=O) groups is 1. The van der Waals surface area contributed by atoms with E-state index in [0.29, 0.717) is 24.2 Å². The average molecular weight is 481 g/mol. The quantitative estimate of drug-likeness (QED) is 0.133. The zero-order chi connectivity index (χ0) is 20.1. The van der Waals surface area contributed by atoms with Crippen LogP contribution in [0.25, 0.3) is 0 Å². The van der Waals surface area contributed by atoms with Crippen LogP contribution in [0.2, 0.25) is 0 Å². The van der Waals surface area contributed by atoms with Gasteiger partial charge in [-0.2, -0.15) is 0 Å². The van der Waals surface area contributed by atoms with Crippen molar-refractivity contribution in [2.75, 3.05) is 27.3 Å². The second-order valence-electron chi connectivity index (χ2n) is 4.92. The number of ether oxygens (including phenoxy) is 2. The van der Waals surface area contributed by atoms with Gasteiger partial charge in [-0.15, -0.1) is 0 Å². The minimum absolute atomic E-state index is 0.